The van der Waals surface area contributed by atoms with Crippen molar-refractivity contribution >= 4 is 17.7 Å². The van der Waals surface area contributed by atoms with Crippen molar-refractivity contribution in [2.75, 3.05) is 26.8 Å². The molecule has 1 heterocycles. The normalized spacial score (nSPS) is 43.4. The van der Waals surface area contributed by atoms with Gasteiger partial charge in [0.15, 0.2) is 11.4 Å². The number of allylic oxidation sites excluding steroid dienone is 4. The Morgan fingerprint density at radius 1 is 0.964 bits per heavy atom. The molecule has 1 amide bonds. The second-order valence-electron chi connectivity index (χ2n) is 19.5. The van der Waals surface area contributed by atoms with E-state index in [1.54, 1.807) is 12.0 Å². The number of ketones is 1. The first-order valence-corrected chi connectivity index (χ1v) is 20.2. The number of esters is 1. The molecule has 300 valence electrons. The van der Waals surface area contributed by atoms with Gasteiger partial charge in [-0.3, -0.25) is 14.4 Å². The van der Waals surface area contributed by atoms with Gasteiger partial charge in [0.25, 0.3) is 5.91 Å². The molecule has 5 fully saturated rings. The van der Waals surface area contributed by atoms with Crippen LogP contribution in [0.1, 0.15) is 115 Å². The van der Waals surface area contributed by atoms with Gasteiger partial charge in [-0.15, -0.1) is 0 Å². The molecule has 10 unspecified atom stereocenters. The number of aliphatic hydroxyl groups is 2. The Bertz CT molecular complexity index is 1890. The molecule has 2 spiro atoms. The molecule has 8 nitrogen and oxygen atoms in total. The maximum Gasteiger partial charge on any atom is 0.416 e. The minimum atomic E-state index is -4.62. The van der Waals surface area contributed by atoms with Gasteiger partial charge in [0, 0.05) is 53.1 Å². The molecule has 1 saturated heterocycles. The molecular formula is C44H56F3NO7. The average molecular weight is 768 g/mol. The number of alkyl halides is 3. The van der Waals surface area contributed by atoms with Crippen LogP contribution in [0.25, 0.3) is 0 Å². The minimum Gasteiger partial charge on any atom is -0.448 e. The molecule has 4 saturated carbocycles. The van der Waals surface area contributed by atoms with Crippen LogP contribution >= 0.6 is 0 Å². The van der Waals surface area contributed by atoms with Gasteiger partial charge in [-0.1, -0.05) is 58.1 Å². The van der Waals surface area contributed by atoms with Gasteiger partial charge in [0.1, 0.15) is 0 Å². The van der Waals surface area contributed by atoms with Gasteiger partial charge in [-0.05, 0) is 101 Å². The molecule has 0 radical (unpaired) electrons. The molecule has 9 rings (SSSR count). The topological polar surface area (TPSA) is 113 Å². The Hall–Kier alpha value is -3.02. The first-order valence-electron chi connectivity index (χ1n) is 20.2. The number of nitrogens with zero attached hydrogens (tertiary/aromatic N) is 1. The number of halogens is 3. The van der Waals surface area contributed by atoms with Crippen molar-refractivity contribution in [1.82, 2.24) is 4.90 Å². The predicted octanol–water partition coefficient (Wildman–Crippen LogP) is 7.47. The van der Waals surface area contributed by atoms with E-state index in [4.69, 9.17) is 9.47 Å². The number of Topliss-reactive ketones (excluding diaryl/α,β-unsaturated/α-hetero) is 1. The lowest BCUT2D eigenvalue weighted by Gasteiger charge is -2.71. The number of hydrogen-bond acceptors (Lipinski definition) is 7. The van der Waals surface area contributed by atoms with Crippen molar-refractivity contribution in [3.8, 4) is 0 Å². The Morgan fingerprint density at radius 3 is 2.31 bits per heavy atom. The number of methoxy groups -OCH3 is 1. The van der Waals surface area contributed by atoms with Crippen LogP contribution in [-0.4, -0.2) is 76.9 Å². The van der Waals surface area contributed by atoms with Crippen molar-refractivity contribution in [1.29, 1.82) is 0 Å². The lowest BCUT2D eigenvalue weighted by Crippen LogP contribution is -2.68. The van der Waals surface area contributed by atoms with Crippen LogP contribution < -0.4 is 0 Å². The summed E-state index contributed by atoms with van der Waals surface area (Å²) < 4.78 is 53.3. The molecule has 7 aliphatic carbocycles. The highest BCUT2D eigenvalue weighted by Gasteiger charge is 2.78. The second kappa shape index (κ2) is 12.0. The minimum absolute atomic E-state index is 0.00707. The Labute approximate surface area is 321 Å². The van der Waals surface area contributed by atoms with Crippen LogP contribution in [0.15, 0.2) is 48.1 Å². The summed E-state index contributed by atoms with van der Waals surface area (Å²) in [4.78, 5) is 44.7. The second-order valence-corrected chi connectivity index (χ2v) is 19.5. The molecule has 1 aromatic rings. The summed E-state index contributed by atoms with van der Waals surface area (Å²) in [7, 11) is 1.60. The van der Waals surface area contributed by atoms with Gasteiger partial charge >= 0.3 is 12.1 Å². The molecular weight excluding hydrogens is 711 g/mol. The first-order chi connectivity index (χ1) is 25.6. The van der Waals surface area contributed by atoms with E-state index < -0.39 is 61.9 Å². The number of amides is 1. The largest absolute Gasteiger partial charge is 0.448 e. The van der Waals surface area contributed by atoms with Crippen LogP contribution in [0.4, 0.5) is 13.2 Å². The third-order valence-corrected chi connectivity index (χ3v) is 17.4. The number of benzene rings is 1. The van der Waals surface area contributed by atoms with Crippen LogP contribution in [0.5, 0.6) is 0 Å². The monoisotopic (exact) mass is 767 g/mol. The van der Waals surface area contributed by atoms with E-state index in [1.165, 1.54) is 12.1 Å². The van der Waals surface area contributed by atoms with E-state index in [0.717, 1.165) is 18.6 Å². The van der Waals surface area contributed by atoms with E-state index >= 15 is 0 Å². The maximum absolute atomic E-state index is 14.9. The highest BCUT2D eigenvalue weighted by molar-refractivity contribution is 6.10. The molecule has 1 aromatic carbocycles. The Morgan fingerprint density at radius 2 is 1.65 bits per heavy atom. The van der Waals surface area contributed by atoms with Crippen LogP contribution in [-0.2, 0) is 25.2 Å². The van der Waals surface area contributed by atoms with Gasteiger partial charge in [-0.25, -0.2) is 0 Å². The van der Waals surface area contributed by atoms with Gasteiger partial charge in [0.05, 0.1) is 29.2 Å². The Balaban J connectivity index is 1.20. The lowest BCUT2D eigenvalue weighted by molar-refractivity contribution is -0.187. The summed E-state index contributed by atoms with van der Waals surface area (Å²) in [5.41, 5.74) is -7.43. The van der Waals surface area contributed by atoms with Crippen molar-refractivity contribution in [2.45, 2.75) is 122 Å². The maximum atomic E-state index is 14.9. The first kappa shape index (κ1) is 38.8. The van der Waals surface area contributed by atoms with Crippen molar-refractivity contribution < 1.29 is 47.2 Å². The summed E-state index contributed by atoms with van der Waals surface area (Å²) in [5, 5.41) is 24.2. The highest BCUT2D eigenvalue weighted by atomic mass is 19.4. The molecule has 1 aliphatic heterocycles. The van der Waals surface area contributed by atoms with E-state index in [-0.39, 0.29) is 47.8 Å². The fourth-order valence-corrected chi connectivity index (χ4v) is 13.5. The fourth-order valence-electron chi connectivity index (χ4n) is 13.5. The van der Waals surface area contributed by atoms with E-state index in [2.05, 4.69) is 26.0 Å². The zero-order chi connectivity index (χ0) is 39.8. The van der Waals surface area contributed by atoms with Gasteiger partial charge in [0.2, 0.25) is 0 Å². The van der Waals surface area contributed by atoms with Crippen molar-refractivity contribution in [3.05, 3.63) is 59.2 Å². The van der Waals surface area contributed by atoms with Gasteiger partial charge in [-0.2, -0.15) is 13.2 Å². The number of aliphatic hydroxyl groups excluding tert-OH is 1. The number of hydrogen-bond donors (Lipinski definition) is 2. The molecule has 11 heteroatoms. The van der Waals surface area contributed by atoms with Crippen molar-refractivity contribution in [2.24, 2.45) is 44.3 Å². The number of carbonyl (C=O) groups is 3. The highest BCUT2D eigenvalue weighted by Crippen LogP contribution is 2.78. The van der Waals surface area contributed by atoms with E-state index in [1.807, 2.05) is 26.8 Å². The smallest absolute Gasteiger partial charge is 0.416 e. The SMILES string of the molecule is COCCCN(CC1(O)CCC2C34C=CC5(C=C3C(=O)c3cccc(C(F)(F)F)c3)CC(O)CCC5(C)C4CCC21C)C(=O)C12CCC(C)(C(=O)O1)C2(C)C. The number of carbonyl (C=O) groups excluding carboxylic acids is 3. The molecule has 4 bridgehead atoms. The van der Waals surface area contributed by atoms with E-state index in [0.29, 0.717) is 70.0 Å². The third kappa shape index (κ3) is 4.78. The standard InChI is InChI=1S/C44H56F3NO7/c1-36(2)39(5)17-20-43(36,55-35(39)52)34(51)48(21-8-22-54-6)26-41(53)16-13-32-38(41,4)15-12-31-37(3)14-11-29(49)24-40(37)18-19-42(31,32)30(25-40)33(50)27-9-7-10-28(23-27)44(45,46)47/h7,9-10,18-19,23,25,29,31-32,49,53H,8,11-17,20-22,24,26H2,1-6H3. The summed E-state index contributed by atoms with van der Waals surface area (Å²) in [5.74, 6) is -1.45. The van der Waals surface area contributed by atoms with Gasteiger partial charge < -0.3 is 24.6 Å². The van der Waals surface area contributed by atoms with Crippen LogP contribution in [0, 0.1) is 44.3 Å². The number of ether oxygens (including phenoxy) is 2. The lowest BCUT2D eigenvalue weighted by atomic mass is 9.32. The zero-order valence-corrected chi connectivity index (χ0v) is 33.0. The number of rotatable bonds is 9. The average Bonchev–Trinajstić information content (AvgIpc) is 3.58. The van der Waals surface area contributed by atoms with Crippen molar-refractivity contribution in [3.63, 3.8) is 0 Å². The summed E-state index contributed by atoms with van der Waals surface area (Å²) in [6.45, 7) is 10.7. The molecule has 0 aromatic heterocycles. The summed E-state index contributed by atoms with van der Waals surface area (Å²) in [6.07, 6.45) is 6.48. The summed E-state index contributed by atoms with van der Waals surface area (Å²) >= 11 is 0. The summed E-state index contributed by atoms with van der Waals surface area (Å²) in [6, 6.07) is 4.64. The van der Waals surface area contributed by atoms with Crippen LogP contribution in [0.2, 0.25) is 0 Å². The zero-order valence-electron chi connectivity index (χ0n) is 33.0. The predicted molar refractivity (Wildman–Crippen MR) is 197 cm³/mol. The third-order valence-electron chi connectivity index (χ3n) is 17.4. The Kier molecular flexibility index (Phi) is 8.48. The number of fused-ring (bicyclic) bond motifs is 3. The molecule has 2 N–H and O–H groups in total. The fraction of sp³-hybridized carbons (Fsp3) is 0.705. The molecule has 8 aliphatic rings. The van der Waals surface area contributed by atoms with E-state index in [9.17, 15) is 37.8 Å². The quantitative estimate of drug-likeness (QED) is 0.116. The van der Waals surface area contributed by atoms with Crippen LogP contribution in [0.3, 0.4) is 0 Å². The molecule has 55 heavy (non-hydrogen) atoms. The molecule has 10 atom stereocenters.